The Hall–Kier alpha value is -1.62. The van der Waals surface area contributed by atoms with Crippen molar-refractivity contribution in [1.82, 2.24) is 15.6 Å². The monoisotopic (exact) mass is 263 g/mol. The Morgan fingerprint density at radius 3 is 3.26 bits per heavy atom. The maximum atomic E-state index is 11.8. The summed E-state index contributed by atoms with van der Waals surface area (Å²) in [6.45, 7) is 2.60. The van der Waals surface area contributed by atoms with Crippen LogP contribution in [0.1, 0.15) is 24.8 Å². The molecule has 2 rings (SSSR count). The van der Waals surface area contributed by atoms with Gasteiger partial charge in [-0.3, -0.25) is 4.79 Å². The Morgan fingerprint density at radius 1 is 1.63 bits per heavy atom. The molecular formula is C14H21N3O2. The van der Waals surface area contributed by atoms with Crippen LogP contribution in [0, 0.1) is 5.92 Å². The molecular weight excluding hydrogens is 242 g/mol. The highest BCUT2D eigenvalue weighted by molar-refractivity contribution is 5.75. The minimum Gasteiger partial charge on any atom is -0.481 e. The van der Waals surface area contributed by atoms with E-state index in [1.807, 2.05) is 12.1 Å². The van der Waals surface area contributed by atoms with E-state index < -0.39 is 0 Å². The molecule has 0 aliphatic carbocycles. The minimum absolute atomic E-state index is 0.0952. The van der Waals surface area contributed by atoms with Crippen LogP contribution in [0.5, 0.6) is 5.88 Å². The molecule has 1 saturated heterocycles. The number of pyridine rings is 1. The number of aromatic nitrogens is 1. The van der Waals surface area contributed by atoms with Gasteiger partial charge in [0.1, 0.15) is 0 Å². The van der Waals surface area contributed by atoms with E-state index in [9.17, 15) is 4.79 Å². The van der Waals surface area contributed by atoms with Gasteiger partial charge >= 0.3 is 0 Å². The maximum Gasteiger partial charge on any atom is 0.220 e. The highest BCUT2D eigenvalue weighted by atomic mass is 16.5. The number of carbonyl (C=O) groups is 1. The molecule has 0 radical (unpaired) electrons. The van der Waals surface area contributed by atoms with Crippen molar-refractivity contribution in [2.75, 3.05) is 20.2 Å². The van der Waals surface area contributed by atoms with Crippen molar-refractivity contribution in [1.29, 1.82) is 0 Å². The molecule has 1 atom stereocenters. The van der Waals surface area contributed by atoms with E-state index in [1.165, 1.54) is 6.42 Å². The normalized spacial score (nSPS) is 18.3. The first-order valence-electron chi connectivity index (χ1n) is 6.75. The van der Waals surface area contributed by atoms with E-state index in [4.69, 9.17) is 4.74 Å². The number of rotatable bonds is 6. The van der Waals surface area contributed by atoms with E-state index in [-0.39, 0.29) is 5.91 Å². The summed E-state index contributed by atoms with van der Waals surface area (Å²) in [6, 6.07) is 3.75. The van der Waals surface area contributed by atoms with Gasteiger partial charge in [-0.25, -0.2) is 4.98 Å². The van der Waals surface area contributed by atoms with Gasteiger partial charge in [0, 0.05) is 24.7 Å². The van der Waals surface area contributed by atoms with Crippen molar-refractivity contribution >= 4 is 5.91 Å². The first-order valence-corrected chi connectivity index (χ1v) is 6.75. The largest absolute Gasteiger partial charge is 0.481 e. The minimum atomic E-state index is 0.0952. The van der Waals surface area contributed by atoms with Crippen LogP contribution < -0.4 is 15.4 Å². The zero-order chi connectivity index (χ0) is 13.5. The molecule has 2 heterocycles. The van der Waals surface area contributed by atoms with Crippen molar-refractivity contribution in [3.05, 3.63) is 23.9 Å². The molecule has 0 saturated carbocycles. The number of hydrogen-bond acceptors (Lipinski definition) is 4. The highest BCUT2D eigenvalue weighted by Gasteiger charge is 2.15. The second kappa shape index (κ2) is 7.09. The third-order valence-corrected chi connectivity index (χ3v) is 3.46. The van der Waals surface area contributed by atoms with Crippen LogP contribution in [-0.2, 0) is 11.3 Å². The van der Waals surface area contributed by atoms with Crippen LogP contribution in [-0.4, -0.2) is 31.1 Å². The Kier molecular flexibility index (Phi) is 5.15. The summed E-state index contributed by atoms with van der Waals surface area (Å²) in [5, 5.41) is 6.23. The van der Waals surface area contributed by atoms with E-state index in [0.717, 1.165) is 25.1 Å². The third-order valence-electron chi connectivity index (χ3n) is 3.46. The second-order valence-corrected chi connectivity index (χ2v) is 4.85. The molecule has 0 spiro atoms. The lowest BCUT2D eigenvalue weighted by Crippen LogP contribution is -2.23. The van der Waals surface area contributed by atoms with Gasteiger partial charge in [-0.05, 0) is 37.9 Å². The number of hydrogen-bond donors (Lipinski definition) is 2. The van der Waals surface area contributed by atoms with E-state index in [1.54, 1.807) is 13.3 Å². The van der Waals surface area contributed by atoms with Gasteiger partial charge in [-0.15, -0.1) is 0 Å². The van der Waals surface area contributed by atoms with Gasteiger partial charge in [0.25, 0.3) is 0 Å². The lowest BCUT2D eigenvalue weighted by atomic mass is 10.0. The molecule has 0 aromatic carbocycles. The number of ether oxygens (including phenoxy) is 1. The second-order valence-electron chi connectivity index (χ2n) is 4.85. The van der Waals surface area contributed by atoms with Crippen molar-refractivity contribution < 1.29 is 9.53 Å². The standard InChI is InChI=1S/C14H21N3O2/c1-19-14-12(3-2-7-16-14)10-17-13(18)5-4-11-6-8-15-9-11/h2-3,7,11,15H,4-6,8-10H2,1H3,(H,17,18). The van der Waals surface area contributed by atoms with Gasteiger partial charge < -0.3 is 15.4 Å². The zero-order valence-electron chi connectivity index (χ0n) is 11.3. The van der Waals surface area contributed by atoms with Gasteiger partial charge in [-0.2, -0.15) is 0 Å². The van der Waals surface area contributed by atoms with E-state index in [2.05, 4.69) is 15.6 Å². The van der Waals surface area contributed by atoms with Crippen LogP contribution in [0.15, 0.2) is 18.3 Å². The Morgan fingerprint density at radius 2 is 2.53 bits per heavy atom. The van der Waals surface area contributed by atoms with Crippen molar-refractivity contribution in [2.24, 2.45) is 5.92 Å². The predicted octanol–water partition coefficient (Wildman–Crippen LogP) is 1.10. The fraction of sp³-hybridized carbons (Fsp3) is 0.571. The van der Waals surface area contributed by atoms with E-state index >= 15 is 0 Å². The molecule has 5 heteroatoms. The van der Waals surface area contributed by atoms with Crippen LogP contribution in [0.3, 0.4) is 0 Å². The van der Waals surface area contributed by atoms with Gasteiger partial charge in [0.15, 0.2) is 0 Å². The summed E-state index contributed by atoms with van der Waals surface area (Å²) in [4.78, 5) is 15.9. The van der Waals surface area contributed by atoms with Crippen molar-refractivity contribution in [3.8, 4) is 5.88 Å². The quantitative estimate of drug-likeness (QED) is 0.806. The molecule has 1 amide bonds. The summed E-state index contributed by atoms with van der Waals surface area (Å²) in [5.74, 6) is 1.32. The van der Waals surface area contributed by atoms with Gasteiger partial charge in [-0.1, -0.05) is 6.07 Å². The van der Waals surface area contributed by atoms with Crippen molar-refractivity contribution in [2.45, 2.75) is 25.8 Å². The molecule has 104 valence electrons. The van der Waals surface area contributed by atoms with Crippen LogP contribution in [0.25, 0.3) is 0 Å². The maximum absolute atomic E-state index is 11.8. The Balaban J connectivity index is 1.73. The SMILES string of the molecule is COc1ncccc1CNC(=O)CCC1CCNC1. The predicted molar refractivity (Wildman–Crippen MR) is 72.8 cm³/mol. The average molecular weight is 263 g/mol. The fourth-order valence-electron chi connectivity index (χ4n) is 2.32. The van der Waals surface area contributed by atoms with Gasteiger partial charge in [0.05, 0.1) is 7.11 Å². The third kappa shape index (κ3) is 4.21. The first kappa shape index (κ1) is 13.8. The number of carbonyl (C=O) groups excluding carboxylic acids is 1. The number of methoxy groups -OCH3 is 1. The number of nitrogens with one attached hydrogen (secondary N) is 2. The van der Waals surface area contributed by atoms with Gasteiger partial charge in [0.2, 0.25) is 11.8 Å². The summed E-state index contributed by atoms with van der Waals surface area (Å²) in [6.07, 6.45) is 4.42. The molecule has 1 unspecified atom stereocenters. The summed E-state index contributed by atoms with van der Waals surface area (Å²) >= 11 is 0. The lowest BCUT2D eigenvalue weighted by molar-refractivity contribution is -0.121. The molecule has 1 aromatic rings. The molecule has 1 fully saturated rings. The molecule has 1 aliphatic heterocycles. The molecule has 1 aliphatic rings. The summed E-state index contributed by atoms with van der Waals surface area (Å²) < 4.78 is 5.15. The molecule has 1 aromatic heterocycles. The molecule has 5 nitrogen and oxygen atoms in total. The lowest BCUT2D eigenvalue weighted by Gasteiger charge is -2.10. The Labute approximate surface area is 113 Å². The molecule has 19 heavy (non-hydrogen) atoms. The topological polar surface area (TPSA) is 63.2 Å². The number of nitrogens with zero attached hydrogens (tertiary/aromatic N) is 1. The summed E-state index contributed by atoms with van der Waals surface area (Å²) in [7, 11) is 1.58. The molecule has 2 N–H and O–H groups in total. The smallest absolute Gasteiger partial charge is 0.220 e. The zero-order valence-corrected chi connectivity index (χ0v) is 11.3. The van der Waals surface area contributed by atoms with Crippen LogP contribution in [0.4, 0.5) is 0 Å². The average Bonchev–Trinajstić information content (AvgIpc) is 2.96. The van der Waals surface area contributed by atoms with E-state index in [0.29, 0.717) is 24.8 Å². The van der Waals surface area contributed by atoms with Crippen LogP contribution in [0.2, 0.25) is 0 Å². The fourth-order valence-corrected chi connectivity index (χ4v) is 2.32. The number of amides is 1. The first-order chi connectivity index (χ1) is 9.29. The Bertz CT molecular complexity index is 417. The van der Waals surface area contributed by atoms with Crippen LogP contribution >= 0.6 is 0 Å². The molecule has 0 bridgehead atoms. The summed E-state index contributed by atoms with van der Waals surface area (Å²) in [5.41, 5.74) is 0.904. The van der Waals surface area contributed by atoms with Crippen molar-refractivity contribution in [3.63, 3.8) is 0 Å². The highest BCUT2D eigenvalue weighted by Crippen LogP contribution is 2.15.